The number of carbonyl (C=O) groups is 3. The van der Waals surface area contributed by atoms with E-state index in [0.717, 1.165) is 4.90 Å². The first kappa shape index (κ1) is 40.6. The number of aliphatic carboxylic acids is 1. The van der Waals surface area contributed by atoms with Crippen LogP contribution in [0.2, 0.25) is 0 Å². The number of carboxylic acids is 1. The van der Waals surface area contributed by atoms with Crippen LogP contribution in [0.1, 0.15) is 19.3 Å². The van der Waals surface area contributed by atoms with Gasteiger partial charge in [0, 0.05) is 13.0 Å². The standard InChI is InChI=1S/C28H51N3O12/c1-2-8-36-10-12-38-14-16-40-18-20-42-22-23-43-21-19-41-17-15-39-13-11-37-9-7-30-26(32)24-31(25-28(34)35)27(33)5-3-4-6-29/h1H,3-25,29H2,(H,30,32)(H,34,35). The van der Waals surface area contributed by atoms with E-state index in [0.29, 0.717) is 118 Å². The van der Waals surface area contributed by atoms with Crippen LogP contribution in [-0.4, -0.2) is 160 Å². The second-order valence-corrected chi connectivity index (χ2v) is 8.78. The van der Waals surface area contributed by atoms with Gasteiger partial charge >= 0.3 is 5.97 Å². The van der Waals surface area contributed by atoms with Crippen LogP contribution in [0.4, 0.5) is 0 Å². The molecule has 0 saturated carbocycles. The highest BCUT2D eigenvalue weighted by Gasteiger charge is 2.19. The van der Waals surface area contributed by atoms with Gasteiger partial charge < -0.3 is 59.0 Å². The first-order chi connectivity index (χ1) is 21.0. The second-order valence-electron chi connectivity index (χ2n) is 8.78. The number of ether oxygens (including phenoxy) is 8. The Morgan fingerprint density at radius 1 is 0.651 bits per heavy atom. The van der Waals surface area contributed by atoms with Gasteiger partial charge in [-0.05, 0) is 19.4 Å². The van der Waals surface area contributed by atoms with Gasteiger partial charge in [-0.15, -0.1) is 6.42 Å². The zero-order valence-electron chi connectivity index (χ0n) is 25.3. The van der Waals surface area contributed by atoms with Crippen molar-refractivity contribution in [2.45, 2.75) is 19.3 Å². The van der Waals surface area contributed by atoms with Crippen LogP contribution >= 0.6 is 0 Å². The minimum absolute atomic E-state index is 0.150. The maximum absolute atomic E-state index is 12.2. The van der Waals surface area contributed by atoms with Crippen molar-refractivity contribution in [2.75, 3.05) is 132 Å². The Morgan fingerprint density at radius 3 is 1.47 bits per heavy atom. The number of carbonyl (C=O) groups excluding carboxylic acids is 2. The van der Waals surface area contributed by atoms with Crippen molar-refractivity contribution in [2.24, 2.45) is 5.73 Å². The minimum Gasteiger partial charge on any atom is -0.480 e. The molecule has 0 bridgehead atoms. The number of carboxylic acid groups (broad SMARTS) is 1. The zero-order valence-corrected chi connectivity index (χ0v) is 25.3. The highest BCUT2D eigenvalue weighted by Crippen LogP contribution is 2.01. The van der Waals surface area contributed by atoms with Gasteiger partial charge in [0.2, 0.25) is 11.8 Å². The van der Waals surface area contributed by atoms with Crippen LogP contribution in [-0.2, 0) is 52.3 Å². The van der Waals surface area contributed by atoms with Gasteiger partial charge in [-0.25, -0.2) is 0 Å². The number of unbranched alkanes of at least 4 members (excludes halogenated alkanes) is 1. The highest BCUT2D eigenvalue weighted by atomic mass is 16.6. The zero-order chi connectivity index (χ0) is 31.6. The number of rotatable bonds is 33. The van der Waals surface area contributed by atoms with Crippen LogP contribution in [0, 0.1) is 12.3 Å². The largest absolute Gasteiger partial charge is 0.480 e. The van der Waals surface area contributed by atoms with Crippen molar-refractivity contribution in [3.8, 4) is 12.3 Å². The van der Waals surface area contributed by atoms with Gasteiger partial charge in [0.05, 0.1) is 99.1 Å². The normalized spacial score (nSPS) is 10.9. The van der Waals surface area contributed by atoms with Crippen molar-refractivity contribution in [3.05, 3.63) is 0 Å². The van der Waals surface area contributed by atoms with E-state index in [9.17, 15) is 14.4 Å². The van der Waals surface area contributed by atoms with Crippen molar-refractivity contribution in [1.82, 2.24) is 10.2 Å². The molecule has 4 N–H and O–H groups in total. The third kappa shape index (κ3) is 30.9. The van der Waals surface area contributed by atoms with E-state index in [1.807, 2.05) is 0 Å². The van der Waals surface area contributed by atoms with Gasteiger partial charge in [-0.2, -0.15) is 0 Å². The molecular weight excluding hydrogens is 570 g/mol. The molecule has 0 atom stereocenters. The minimum atomic E-state index is -1.18. The molecule has 15 heteroatoms. The molecule has 250 valence electrons. The molecule has 0 aromatic rings. The quantitative estimate of drug-likeness (QED) is 0.0593. The summed E-state index contributed by atoms with van der Waals surface area (Å²) in [5.74, 6) is 0.358. The first-order valence-electron chi connectivity index (χ1n) is 14.5. The predicted molar refractivity (Wildman–Crippen MR) is 156 cm³/mol. The van der Waals surface area contributed by atoms with Gasteiger partial charge in [0.15, 0.2) is 0 Å². The summed E-state index contributed by atoms with van der Waals surface area (Å²) in [5, 5.41) is 11.6. The monoisotopic (exact) mass is 621 g/mol. The fourth-order valence-electron chi connectivity index (χ4n) is 3.14. The Balaban J connectivity index is 3.41. The molecule has 0 heterocycles. The van der Waals surface area contributed by atoms with Gasteiger partial charge in [-0.3, -0.25) is 14.4 Å². The average molecular weight is 622 g/mol. The van der Waals surface area contributed by atoms with Crippen LogP contribution in [0.5, 0.6) is 0 Å². The number of nitrogens with zero attached hydrogens (tertiary/aromatic N) is 1. The summed E-state index contributed by atoms with van der Waals surface area (Å²) in [6.45, 7) is 6.63. The molecule has 0 fully saturated rings. The molecule has 2 amide bonds. The topological polar surface area (TPSA) is 187 Å². The molecule has 0 aliphatic carbocycles. The molecule has 0 saturated heterocycles. The lowest BCUT2D eigenvalue weighted by molar-refractivity contribution is -0.146. The molecule has 0 aliphatic heterocycles. The predicted octanol–water partition coefficient (Wildman–Crippen LogP) is -1.09. The van der Waals surface area contributed by atoms with Crippen LogP contribution in [0.15, 0.2) is 0 Å². The van der Waals surface area contributed by atoms with Crippen LogP contribution < -0.4 is 11.1 Å². The van der Waals surface area contributed by atoms with Crippen molar-refractivity contribution >= 4 is 17.8 Å². The molecule has 0 spiro atoms. The number of nitrogens with two attached hydrogens (primary N) is 1. The fourth-order valence-corrected chi connectivity index (χ4v) is 3.14. The lowest BCUT2D eigenvalue weighted by atomic mass is 10.2. The Labute approximate surface area is 254 Å². The van der Waals surface area contributed by atoms with E-state index in [2.05, 4.69) is 11.2 Å². The molecule has 0 aliphatic rings. The molecule has 0 rings (SSSR count). The molecule has 0 unspecified atom stereocenters. The van der Waals surface area contributed by atoms with E-state index in [1.54, 1.807) is 0 Å². The fraction of sp³-hybridized carbons (Fsp3) is 0.821. The Morgan fingerprint density at radius 2 is 1.07 bits per heavy atom. The SMILES string of the molecule is C#CCOCCOCCOCCOCCOCCOCCOCCOCCNC(=O)CN(CC(=O)O)C(=O)CCCCN. The maximum Gasteiger partial charge on any atom is 0.323 e. The van der Waals surface area contributed by atoms with Gasteiger partial charge in [0.25, 0.3) is 0 Å². The summed E-state index contributed by atoms with van der Waals surface area (Å²) >= 11 is 0. The Hall–Kier alpha value is -2.39. The van der Waals surface area contributed by atoms with E-state index in [4.69, 9.17) is 55.2 Å². The first-order valence-corrected chi connectivity index (χ1v) is 14.5. The summed E-state index contributed by atoms with van der Waals surface area (Å²) in [5.41, 5.74) is 5.40. The number of terminal acetylenes is 1. The number of nitrogens with one attached hydrogen (secondary N) is 1. The number of hydrogen-bond acceptors (Lipinski definition) is 12. The Kier molecular flexibility index (Phi) is 30.7. The molecule has 0 aromatic carbocycles. The second kappa shape index (κ2) is 32.5. The van der Waals surface area contributed by atoms with Crippen LogP contribution in [0.25, 0.3) is 0 Å². The molecule has 0 aromatic heterocycles. The lowest BCUT2D eigenvalue weighted by Gasteiger charge is -2.20. The summed E-state index contributed by atoms with van der Waals surface area (Å²) < 4.78 is 42.9. The van der Waals surface area contributed by atoms with Crippen molar-refractivity contribution in [3.63, 3.8) is 0 Å². The van der Waals surface area contributed by atoms with Gasteiger partial charge in [-0.1, -0.05) is 5.92 Å². The number of amides is 2. The third-order valence-electron chi connectivity index (χ3n) is 5.22. The summed E-state index contributed by atoms with van der Waals surface area (Å²) in [6.07, 6.45) is 6.42. The Bertz CT molecular complexity index is 724. The average Bonchev–Trinajstić information content (AvgIpc) is 2.98. The smallest absolute Gasteiger partial charge is 0.323 e. The summed E-state index contributed by atoms with van der Waals surface area (Å²) in [4.78, 5) is 36.2. The third-order valence-corrected chi connectivity index (χ3v) is 5.22. The molecule has 43 heavy (non-hydrogen) atoms. The maximum atomic E-state index is 12.2. The van der Waals surface area contributed by atoms with Crippen molar-refractivity contribution < 1.29 is 57.4 Å². The van der Waals surface area contributed by atoms with E-state index in [-0.39, 0.29) is 26.1 Å². The van der Waals surface area contributed by atoms with E-state index >= 15 is 0 Å². The summed E-state index contributed by atoms with van der Waals surface area (Å²) in [6, 6.07) is 0. The lowest BCUT2D eigenvalue weighted by Crippen LogP contribution is -2.43. The highest BCUT2D eigenvalue weighted by molar-refractivity contribution is 5.87. The molecule has 15 nitrogen and oxygen atoms in total. The van der Waals surface area contributed by atoms with Crippen molar-refractivity contribution in [1.29, 1.82) is 0 Å². The van der Waals surface area contributed by atoms with Crippen LogP contribution in [0.3, 0.4) is 0 Å². The summed E-state index contributed by atoms with van der Waals surface area (Å²) in [7, 11) is 0. The molecular formula is C28H51N3O12. The molecule has 0 radical (unpaired) electrons. The van der Waals surface area contributed by atoms with Gasteiger partial charge in [0.1, 0.15) is 19.7 Å². The number of hydrogen-bond donors (Lipinski definition) is 3. The van der Waals surface area contributed by atoms with E-state index in [1.165, 1.54) is 0 Å². The van der Waals surface area contributed by atoms with E-state index < -0.39 is 24.3 Å².